The summed E-state index contributed by atoms with van der Waals surface area (Å²) < 4.78 is 0. The molecule has 2 nitrogen and oxygen atoms in total. The molecule has 0 aliphatic heterocycles. The maximum Gasteiger partial charge on any atom is 0.119 e. The van der Waals surface area contributed by atoms with Gasteiger partial charge in [0.25, 0.3) is 0 Å². The molecule has 0 spiro atoms. The molecule has 0 saturated heterocycles. The van der Waals surface area contributed by atoms with Crippen LogP contribution < -0.4 is 0 Å². The molecule has 0 heterocycles. The van der Waals surface area contributed by atoms with Gasteiger partial charge in [-0.3, -0.25) is 0 Å². The van der Waals surface area contributed by atoms with Crippen LogP contribution in [0.1, 0.15) is 83.1 Å². The van der Waals surface area contributed by atoms with E-state index >= 15 is 0 Å². The smallest absolute Gasteiger partial charge is 0.119 e. The van der Waals surface area contributed by atoms with E-state index < -0.39 is 0 Å². The zero-order valence-corrected chi connectivity index (χ0v) is 15.9. The Balaban J connectivity index is 1.92. The molecule has 1 rings (SSSR count). The Kier molecular flexibility index (Phi) is 12.5. The Hall–Kier alpha value is -1.70. The van der Waals surface area contributed by atoms with Gasteiger partial charge in [0.1, 0.15) is 11.5 Å². The van der Waals surface area contributed by atoms with Crippen LogP contribution >= 0.6 is 0 Å². The Labute approximate surface area is 154 Å². The lowest BCUT2D eigenvalue weighted by molar-refractivity contribution is 0.449. The molecule has 25 heavy (non-hydrogen) atoms. The molecule has 0 radical (unpaired) electrons. The lowest BCUT2D eigenvalue weighted by Crippen LogP contribution is -1.86. The number of phenols is 2. The highest BCUT2D eigenvalue weighted by molar-refractivity contribution is 5.36. The van der Waals surface area contributed by atoms with Crippen molar-refractivity contribution in [2.24, 2.45) is 0 Å². The number of hydrogen-bond acceptors (Lipinski definition) is 2. The summed E-state index contributed by atoms with van der Waals surface area (Å²) in [7, 11) is 0. The first-order valence-corrected chi connectivity index (χ1v) is 10.0. The maximum absolute atomic E-state index is 9.45. The Morgan fingerprint density at radius 3 is 1.88 bits per heavy atom. The molecule has 0 aromatic heterocycles. The van der Waals surface area contributed by atoms with Gasteiger partial charge in [-0.05, 0) is 62.6 Å². The second-order valence-electron chi connectivity index (χ2n) is 6.84. The van der Waals surface area contributed by atoms with Gasteiger partial charge in [-0.1, -0.05) is 63.3 Å². The molecule has 0 bridgehead atoms. The van der Waals surface area contributed by atoms with Crippen molar-refractivity contribution in [3.63, 3.8) is 0 Å². The standard InChI is InChI=1S/C23H36O2/c1-2-3-4-5-6-7-8-9-10-11-12-13-14-15-16-17-21-18-22(24)20-23(25)19-21/h6-7,9-10,18-20,24-25H,2-5,8,11-17H2,1H3/b7-6-,10-9-. The number of aryl methyl sites for hydroxylation is 1. The number of aromatic hydroxyl groups is 2. The van der Waals surface area contributed by atoms with Crippen LogP contribution in [0.2, 0.25) is 0 Å². The van der Waals surface area contributed by atoms with Crippen molar-refractivity contribution in [3.05, 3.63) is 48.1 Å². The molecule has 0 saturated carbocycles. The van der Waals surface area contributed by atoms with Crippen molar-refractivity contribution >= 4 is 0 Å². The van der Waals surface area contributed by atoms with Gasteiger partial charge in [-0.2, -0.15) is 0 Å². The van der Waals surface area contributed by atoms with Crippen molar-refractivity contribution in [2.75, 3.05) is 0 Å². The Bertz CT molecular complexity index is 483. The zero-order chi connectivity index (χ0) is 18.2. The van der Waals surface area contributed by atoms with Gasteiger partial charge >= 0.3 is 0 Å². The van der Waals surface area contributed by atoms with Crippen molar-refractivity contribution in [2.45, 2.75) is 84.0 Å². The van der Waals surface area contributed by atoms with Gasteiger partial charge in [0, 0.05) is 6.07 Å². The molecule has 0 aliphatic carbocycles. The summed E-state index contributed by atoms with van der Waals surface area (Å²) in [5.74, 6) is 0.301. The fraction of sp³-hybridized carbons (Fsp3) is 0.565. The number of unbranched alkanes of at least 4 members (excludes halogenated alkanes) is 8. The number of phenolic OH excluding ortho intramolecular Hbond substituents is 2. The molecule has 0 atom stereocenters. The van der Waals surface area contributed by atoms with Crippen molar-refractivity contribution < 1.29 is 10.2 Å². The highest BCUT2D eigenvalue weighted by Crippen LogP contribution is 2.22. The summed E-state index contributed by atoms with van der Waals surface area (Å²) in [6.07, 6.45) is 23.7. The Morgan fingerprint density at radius 2 is 1.24 bits per heavy atom. The van der Waals surface area contributed by atoms with E-state index in [1.165, 1.54) is 63.9 Å². The average Bonchev–Trinajstić information content (AvgIpc) is 2.57. The molecule has 1 aromatic carbocycles. The van der Waals surface area contributed by atoms with Crippen LogP contribution in [-0.2, 0) is 6.42 Å². The largest absolute Gasteiger partial charge is 0.508 e. The summed E-state index contributed by atoms with van der Waals surface area (Å²) in [6, 6.07) is 4.85. The number of hydrogen-bond donors (Lipinski definition) is 2. The number of benzene rings is 1. The van der Waals surface area contributed by atoms with Gasteiger partial charge in [-0.15, -0.1) is 0 Å². The second-order valence-corrected chi connectivity index (χ2v) is 6.84. The van der Waals surface area contributed by atoms with Crippen molar-refractivity contribution in [1.29, 1.82) is 0 Å². The monoisotopic (exact) mass is 344 g/mol. The van der Waals surface area contributed by atoms with Crippen LogP contribution in [0.4, 0.5) is 0 Å². The molecule has 1 aromatic rings. The molecular formula is C23H36O2. The SMILES string of the molecule is CCCCC/C=C\C/C=C\CCCCCCCc1cc(O)cc(O)c1. The molecule has 0 aliphatic rings. The molecular weight excluding hydrogens is 308 g/mol. The highest BCUT2D eigenvalue weighted by atomic mass is 16.3. The summed E-state index contributed by atoms with van der Waals surface area (Å²) in [5, 5.41) is 18.9. The van der Waals surface area contributed by atoms with Gasteiger partial charge in [0.2, 0.25) is 0 Å². The molecule has 2 N–H and O–H groups in total. The van der Waals surface area contributed by atoms with E-state index in [-0.39, 0.29) is 11.5 Å². The first-order valence-electron chi connectivity index (χ1n) is 10.0. The summed E-state index contributed by atoms with van der Waals surface area (Å²) in [6.45, 7) is 2.24. The molecule has 2 heteroatoms. The van der Waals surface area contributed by atoms with E-state index in [1.54, 1.807) is 12.1 Å². The fourth-order valence-corrected chi connectivity index (χ4v) is 2.94. The molecule has 140 valence electrons. The second kappa shape index (κ2) is 14.6. The summed E-state index contributed by atoms with van der Waals surface area (Å²) in [5.41, 5.74) is 1.02. The zero-order valence-electron chi connectivity index (χ0n) is 15.9. The van der Waals surface area contributed by atoms with Crippen LogP contribution in [0.25, 0.3) is 0 Å². The minimum absolute atomic E-state index is 0.151. The van der Waals surface area contributed by atoms with E-state index in [9.17, 15) is 10.2 Å². The quantitative estimate of drug-likeness (QED) is 0.280. The summed E-state index contributed by atoms with van der Waals surface area (Å²) >= 11 is 0. The van der Waals surface area contributed by atoms with E-state index in [0.29, 0.717) is 0 Å². The van der Waals surface area contributed by atoms with Gasteiger partial charge in [0.05, 0.1) is 0 Å². The van der Waals surface area contributed by atoms with Crippen molar-refractivity contribution in [1.82, 2.24) is 0 Å². The van der Waals surface area contributed by atoms with E-state index in [1.807, 2.05) is 0 Å². The predicted molar refractivity (Wildman–Crippen MR) is 108 cm³/mol. The first-order chi connectivity index (χ1) is 12.2. The van der Waals surface area contributed by atoms with Crippen LogP contribution in [0, 0.1) is 0 Å². The fourth-order valence-electron chi connectivity index (χ4n) is 2.94. The molecule has 0 amide bonds. The highest BCUT2D eigenvalue weighted by Gasteiger charge is 1.99. The van der Waals surface area contributed by atoms with Gasteiger partial charge < -0.3 is 10.2 Å². The van der Waals surface area contributed by atoms with E-state index in [4.69, 9.17) is 0 Å². The summed E-state index contributed by atoms with van der Waals surface area (Å²) in [4.78, 5) is 0. The van der Waals surface area contributed by atoms with Crippen LogP contribution in [0.5, 0.6) is 11.5 Å². The first kappa shape index (κ1) is 21.3. The lowest BCUT2D eigenvalue weighted by atomic mass is 10.0. The van der Waals surface area contributed by atoms with E-state index in [2.05, 4.69) is 31.2 Å². The van der Waals surface area contributed by atoms with E-state index in [0.717, 1.165) is 24.8 Å². The van der Waals surface area contributed by atoms with Crippen LogP contribution in [0.3, 0.4) is 0 Å². The molecule has 0 unspecified atom stereocenters. The molecule has 0 fully saturated rings. The van der Waals surface area contributed by atoms with Crippen molar-refractivity contribution in [3.8, 4) is 11.5 Å². The minimum atomic E-state index is 0.151. The predicted octanol–water partition coefficient (Wildman–Crippen LogP) is 7.06. The van der Waals surface area contributed by atoms with Gasteiger partial charge in [-0.25, -0.2) is 0 Å². The number of rotatable bonds is 14. The maximum atomic E-state index is 9.45. The number of allylic oxidation sites excluding steroid dienone is 4. The topological polar surface area (TPSA) is 40.5 Å². The Morgan fingerprint density at radius 1 is 0.680 bits per heavy atom. The normalized spacial score (nSPS) is 11.7. The third kappa shape index (κ3) is 12.3. The average molecular weight is 345 g/mol. The minimum Gasteiger partial charge on any atom is -0.508 e. The van der Waals surface area contributed by atoms with Gasteiger partial charge in [0.15, 0.2) is 0 Å². The van der Waals surface area contributed by atoms with Crippen LogP contribution in [-0.4, -0.2) is 10.2 Å². The lowest BCUT2D eigenvalue weighted by Gasteiger charge is -2.04. The third-order valence-corrected chi connectivity index (χ3v) is 4.38. The van der Waals surface area contributed by atoms with Crippen LogP contribution in [0.15, 0.2) is 42.5 Å². The third-order valence-electron chi connectivity index (χ3n) is 4.38.